The minimum absolute atomic E-state index is 0.141. The maximum atomic E-state index is 10.2. The SMILES string of the molecule is CC(C)C/C=C/c1cccn1C.CC(C)C/C=C/c1ccn[nH]1.CC(C)C/C=C/c1ncc[nH]1.CC(C)C/C=C/c1nccn1C.CC(C)CC(O)CC1=CCN=C1.CC(C)CCCC1=CCN=C1.CC(C)CCCc1cccn1C.CC(C)CCCc1ccn[nH]1.CC(C)CCCc1ncc[nH]1.CC(C)CCCc1nccn1C.CC(C)C[C@@H]([C@H](O)c1cn[nH]c1)N(C)C.CC(C)C[C@H](O)[C@H](O)c1cn[nH]c1. The number of aromatic nitrogens is 18. The molecule has 0 aliphatic carbocycles. The minimum Gasteiger partial charge on any atom is -0.393 e. The number of nitrogens with one attached hydrogen (secondary N) is 6. The van der Waals surface area contributed by atoms with Gasteiger partial charge in [-0.2, -0.15) is 20.4 Å². The van der Waals surface area contributed by atoms with E-state index < -0.39 is 18.3 Å². The second kappa shape index (κ2) is 81.1. The van der Waals surface area contributed by atoms with Crippen LogP contribution in [0.5, 0.6) is 0 Å². The monoisotopic (exact) mass is 1980 g/mol. The average Bonchev–Trinajstić information content (AvgIpc) is 1.80. The molecule has 802 valence electrons. The van der Waals surface area contributed by atoms with Crippen molar-refractivity contribution >= 4 is 36.7 Å². The van der Waals surface area contributed by atoms with Crippen molar-refractivity contribution in [1.29, 1.82) is 0 Å². The first-order valence-electron chi connectivity index (χ1n) is 53.5. The van der Waals surface area contributed by atoms with E-state index in [1.807, 2.05) is 120 Å². The van der Waals surface area contributed by atoms with Crippen molar-refractivity contribution in [2.45, 2.75) is 344 Å². The van der Waals surface area contributed by atoms with Gasteiger partial charge in [-0.15, -0.1) is 0 Å². The van der Waals surface area contributed by atoms with E-state index in [0.717, 1.165) is 159 Å². The predicted molar refractivity (Wildman–Crippen MR) is 608 cm³/mol. The second-order valence-corrected chi connectivity index (χ2v) is 43.0. The van der Waals surface area contributed by atoms with E-state index >= 15 is 0 Å². The number of aliphatic hydroxyl groups is 4. The highest BCUT2D eigenvalue weighted by Gasteiger charge is 2.25. The summed E-state index contributed by atoms with van der Waals surface area (Å²) >= 11 is 0. The standard InChI is InChI=1S/C11H21N3O.C11H19N.C11H17N.C10H18N2.C10H16N2.C10H17NO.C10H17N.C9H16N2O2.C9H16N2.C9H14N2.C9H16N2.C9H14N2/c1-8(2)5-10(14(3)4)11(15)9-6-12-13-7-9;2*1-10(2)6-4-7-11-8-5-9-12(11)3;2*1-9(2)5-4-6-10-11-7-8-12(10)3;1-8(2)5-10(12)6-9-3-4-11-7-9;1-9(2)4-3-5-10-6-7-11-8-10;1-6(2)3-8(12)9(13)7-4-10-11-5-7;2*1-8(2)4-3-5-9-10-6-7-11-9;2*1-8(2)4-3-5-9-6-7-10-11-9/h6-8,10-11,15H,5H2,1-4H3,(H,12,13);5,8-10H,4,6-7H2,1-3H3;4-5,7-10H,6H2,1-3H3;7-9H,4-6H2,1-3H3;4,6-9H,5H2,1-3H3;3,7-8,10,12H,4-6H2,1-2H3;6,8-9H,3-5,7H2,1-2H3;4-6,8-9,12-13H,3H2,1-2H3,(H,10,11);6-8H,3-5H2,1-2H3,(H,10,11);3,5-8H,4H2,1-2H3,(H,10,11);6-8H,3-5H2,1-2H3,(H,10,11);3,5-8H,4H2,1-2H3,(H,10,11)/b;;7-4+;;6-4+;;;;;5-3+;;5-3+/t10-,11+;;;;;;;8-,9+;;;;/m0......0..../s1. The van der Waals surface area contributed by atoms with Crippen LogP contribution in [0.4, 0.5) is 0 Å². The Morgan fingerprint density at radius 3 is 1.31 bits per heavy atom. The van der Waals surface area contributed by atoms with Gasteiger partial charge in [0.1, 0.15) is 29.4 Å². The molecule has 0 saturated heterocycles. The molecule has 12 heterocycles. The van der Waals surface area contributed by atoms with Crippen molar-refractivity contribution < 1.29 is 20.4 Å². The van der Waals surface area contributed by atoms with Crippen LogP contribution in [0.25, 0.3) is 24.3 Å². The summed E-state index contributed by atoms with van der Waals surface area (Å²) < 4.78 is 8.44. The Morgan fingerprint density at radius 1 is 0.399 bits per heavy atom. The summed E-state index contributed by atoms with van der Waals surface area (Å²) in [6.07, 6.45) is 78.7. The van der Waals surface area contributed by atoms with Crippen molar-refractivity contribution in [3.63, 3.8) is 0 Å². The molecule has 12 rings (SSSR count). The summed E-state index contributed by atoms with van der Waals surface area (Å²) in [6.45, 7) is 54.7. The Hall–Kier alpha value is -10.2. The van der Waals surface area contributed by atoms with Crippen LogP contribution in [0.1, 0.15) is 358 Å². The van der Waals surface area contributed by atoms with Crippen LogP contribution in [0.15, 0.2) is 193 Å². The first kappa shape index (κ1) is 131. The fourth-order valence-electron chi connectivity index (χ4n) is 14.4. The van der Waals surface area contributed by atoms with Crippen molar-refractivity contribution in [2.24, 2.45) is 109 Å². The summed E-state index contributed by atoms with van der Waals surface area (Å²) in [6, 6.07) is 12.6. The summed E-state index contributed by atoms with van der Waals surface area (Å²) in [4.78, 5) is 33.1. The number of nitrogens with zero attached hydrogens (tertiary/aromatic N) is 15. The lowest BCUT2D eigenvalue weighted by Crippen LogP contribution is -2.35. The van der Waals surface area contributed by atoms with E-state index in [0.29, 0.717) is 29.7 Å². The van der Waals surface area contributed by atoms with Gasteiger partial charge in [-0.3, -0.25) is 30.4 Å². The molecule has 0 bridgehead atoms. The molecule has 0 fully saturated rings. The zero-order chi connectivity index (χ0) is 107. The van der Waals surface area contributed by atoms with Gasteiger partial charge in [-0.25, -0.2) is 19.9 Å². The van der Waals surface area contributed by atoms with Crippen LogP contribution in [0, 0.1) is 71.0 Å². The van der Waals surface area contributed by atoms with Gasteiger partial charge in [0.25, 0.3) is 0 Å². The Bertz CT molecular complexity index is 4540. The van der Waals surface area contributed by atoms with Crippen LogP contribution in [-0.2, 0) is 53.9 Å². The number of hydrogen-bond donors (Lipinski definition) is 10. The van der Waals surface area contributed by atoms with Crippen LogP contribution < -0.4 is 0 Å². The molecule has 25 nitrogen and oxygen atoms in total. The van der Waals surface area contributed by atoms with Crippen LogP contribution in [-0.4, -0.2) is 172 Å². The third-order valence-electron chi connectivity index (χ3n) is 22.8. The maximum absolute atomic E-state index is 10.2. The molecule has 143 heavy (non-hydrogen) atoms. The number of likely N-dealkylation sites (N-methyl/N-ethyl adjacent to an activating group) is 1. The fourth-order valence-corrected chi connectivity index (χ4v) is 14.4. The summed E-state index contributed by atoms with van der Waals surface area (Å²) in [5.74, 6) is 12.8. The number of aromatic amines is 6. The Balaban J connectivity index is 0.000000781. The molecular formula is C118H201N21O4. The van der Waals surface area contributed by atoms with Gasteiger partial charge >= 0.3 is 0 Å². The minimum atomic E-state index is -0.832. The molecule has 0 saturated carbocycles. The largest absolute Gasteiger partial charge is 0.393 e. The van der Waals surface area contributed by atoms with E-state index in [4.69, 9.17) is 0 Å². The molecule has 10 aromatic heterocycles. The molecule has 0 radical (unpaired) electrons. The van der Waals surface area contributed by atoms with Crippen LogP contribution in [0.2, 0.25) is 0 Å². The summed E-state index contributed by atoms with van der Waals surface area (Å²) in [5.41, 5.74) is 9.17. The van der Waals surface area contributed by atoms with E-state index in [2.05, 4.69) is 364 Å². The average molecular weight is 1980 g/mol. The lowest BCUT2D eigenvalue weighted by atomic mass is 9.95. The number of aliphatic hydroxyl groups excluding tert-OH is 4. The van der Waals surface area contributed by atoms with Crippen LogP contribution >= 0.6 is 0 Å². The predicted octanol–water partition coefficient (Wildman–Crippen LogP) is 27.6. The topological polar surface area (TPSA) is 326 Å². The number of aliphatic imine (C=N–C) groups is 2. The van der Waals surface area contributed by atoms with Crippen LogP contribution in [0.3, 0.4) is 0 Å². The number of H-pyrrole nitrogens is 6. The Morgan fingerprint density at radius 2 is 0.881 bits per heavy atom. The number of imidazole rings is 4. The summed E-state index contributed by atoms with van der Waals surface area (Å²) in [5, 5.41) is 65.4. The molecule has 2 aliphatic rings. The number of allylic oxidation sites excluding steroid dienone is 5. The lowest BCUT2D eigenvalue weighted by Gasteiger charge is -2.29. The smallest absolute Gasteiger partial charge is 0.131 e. The van der Waals surface area contributed by atoms with E-state index in [1.165, 1.54) is 117 Å². The molecule has 0 spiro atoms. The quantitative estimate of drug-likeness (QED) is 0.0170. The fraction of sp³-hybridized carbons (Fsp3) is 0.610. The van der Waals surface area contributed by atoms with E-state index in [-0.39, 0.29) is 12.1 Å². The van der Waals surface area contributed by atoms with Gasteiger partial charge in [0.05, 0.1) is 49.5 Å². The maximum Gasteiger partial charge on any atom is 0.131 e. The molecule has 25 heteroatoms. The highest BCUT2D eigenvalue weighted by Crippen LogP contribution is 2.26. The van der Waals surface area contributed by atoms with Gasteiger partial charge in [-0.05, 0) is 260 Å². The number of rotatable bonds is 45. The van der Waals surface area contributed by atoms with Gasteiger partial charge in [0, 0.05) is 174 Å². The molecule has 10 aromatic rings. The highest BCUT2D eigenvalue weighted by molar-refractivity contribution is 5.81. The first-order chi connectivity index (χ1) is 68.0. The third kappa shape index (κ3) is 71.9. The number of aryl methyl sites for hydroxylation is 8. The molecule has 1 unspecified atom stereocenters. The van der Waals surface area contributed by atoms with Gasteiger partial charge in [0.15, 0.2) is 0 Å². The van der Waals surface area contributed by atoms with Gasteiger partial charge in [0.2, 0.25) is 0 Å². The highest BCUT2D eigenvalue weighted by atomic mass is 16.3. The molecule has 2 aliphatic heterocycles. The van der Waals surface area contributed by atoms with Crippen molar-refractivity contribution in [2.75, 3.05) is 27.2 Å². The van der Waals surface area contributed by atoms with Crippen molar-refractivity contribution in [3.05, 3.63) is 240 Å². The first-order valence-corrected chi connectivity index (χ1v) is 53.5. The van der Waals surface area contributed by atoms with E-state index in [1.54, 1.807) is 31.0 Å². The zero-order valence-corrected chi connectivity index (χ0v) is 94.6. The Labute approximate surface area is 867 Å². The number of hydrogen-bond acceptors (Lipinski definition) is 15. The molecular weight excluding hydrogens is 1780 g/mol. The lowest BCUT2D eigenvalue weighted by molar-refractivity contribution is 0.00635. The summed E-state index contributed by atoms with van der Waals surface area (Å²) in [7, 11) is 12.2. The van der Waals surface area contributed by atoms with E-state index in [9.17, 15) is 20.4 Å². The Kier molecular flexibility index (Phi) is 74.2. The van der Waals surface area contributed by atoms with Crippen molar-refractivity contribution in [1.82, 2.24) is 93.9 Å². The third-order valence-corrected chi connectivity index (χ3v) is 22.8. The molecule has 0 amide bonds. The van der Waals surface area contributed by atoms with Gasteiger partial charge < -0.3 is 53.6 Å². The molecule has 10 N–H and O–H groups in total. The normalized spacial score (nSPS) is 13.2. The van der Waals surface area contributed by atoms with Crippen molar-refractivity contribution in [3.8, 4) is 0 Å². The van der Waals surface area contributed by atoms with Gasteiger partial charge in [-0.1, -0.05) is 235 Å². The molecule has 5 atom stereocenters. The molecule has 0 aromatic carbocycles. The zero-order valence-electron chi connectivity index (χ0n) is 94.6. The second-order valence-electron chi connectivity index (χ2n) is 43.0.